The SMILES string of the molecule is COc1ccc(N2CCN(CCCn3ccc4c3CCCC4=O)CC2)cc1C(F)(F)F. The Kier molecular flexibility index (Phi) is 6.27. The summed E-state index contributed by atoms with van der Waals surface area (Å²) in [5.74, 6) is 0.104. The van der Waals surface area contributed by atoms with Gasteiger partial charge in [0.25, 0.3) is 0 Å². The number of methoxy groups -OCH3 is 1. The number of Topliss-reactive ketones (excluding diaryl/α,β-unsaturated/α-hetero) is 1. The number of aromatic nitrogens is 1. The first-order chi connectivity index (χ1) is 14.9. The number of fused-ring (bicyclic) bond motifs is 1. The zero-order valence-corrected chi connectivity index (χ0v) is 17.7. The van der Waals surface area contributed by atoms with Gasteiger partial charge in [-0.1, -0.05) is 0 Å². The lowest BCUT2D eigenvalue weighted by Crippen LogP contribution is -2.46. The fourth-order valence-corrected chi connectivity index (χ4v) is 4.61. The average molecular weight is 435 g/mol. The lowest BCUT2D eigenvalue weighted by Gasteiger charge is -2.36. The van der Waals surface area contributed by atoms with Crippen LogP contribution in [0.5, 0.6) is 5.75 Å². The van der Waals surface area contributed by atoms with Crippen LogP contribution in [0.4, 0.5) is 18.9 Å². The molecule has 31 heavy (non-hydrogen) atoms. The Bertz CT molecular complexity index is 931. The first kappa shape index (κ1) is 21.7. The molecule has 4 rings (SSSR count). The Hall–Kier alpha value is -2.48. The number of nitrogens with zero attached hydrogens (tertiary/aromatic N) is 3. The highest BCUT2D eigenvalue weighted by Crippen LogP contribution is 2.38. The fraction of sp³-hybridized carbons (Fsp3) is 0.522. The molecule has 8 heteroatoms. The number of piperazine rings is 1. The molecule has 168 valence electrons. The molecule has 0 amide bonds. The van der Waals surface area contributed by atoms with Gasteiger partial charge in [-0.05, 0) is 50.1 Å². The highest BCUT2D eigenvalue weighted by atomic mass is 19.4. The Morgan fingerprint density at radius 1 is 1.03 bits per heavy atom. The molecule has 1 aromatic carbocycles. The van der Waals surface area contributed by atoms with Crippen molar-refractivity contribution in [3.8, 4) is 5.75 Å². The third-order valence-electron chi connectivity index (χ3n) is 6.30. The second-order valence-corrected chi connectivity index (χ2v) is 8.21. The summed E-state index contributed by atoms with van der Waals surface area (Å²) in [6.07, 6.45) is 1.11. The Labute approximate surface area is 180 Å². The van der Waals surface area contributed by atoms with E-state index in [1.54, 1.807) is 6.07 Å². The minimum Gasteiger partial charge on any atom is -0.496 e. The molecule has 1 fully saturated rings. The molecular formula is C23H28F3N3O2. The predicted octanol–water partition coefficient (Wildman–Crippen LogP) is 4.25. The van der Waals surface area contributed by atoms with E-state index in [-0.39, 0.29) is 11.5 Å². The number of alkyl halides is 3. The molecule has 0 atom stereocenters. The number of rotatable bonds is 6. The van der Waals surface area contributed by atoms with Gasteiger partial charge >= 0.3 is 6.18 Å². The van der Waals surface area contributed by atoms with E-state index in [4.69, 9.17) is 4.74 Å². The maximum Gasteiger partial charge on any atom is 0.420 e. The van der Waals surface area contributed by atoms with E-state index in [1.165, 1.54) is 24.9 Å². The Morgan fingerprint density at radius 3 is 2.52 bits per heavy atom. The quantitative estimate of drug-likeness (QED) is 0.680. The summed E-state index contributed by atoms with van der Waals surface area (Å²) in [5.41, 5.74) is 1.90. The molecule has 2 aromatic rings. The third kappa shape index (κ3) is 4.74. The predicted molar refractivity (Wildman–Crippen MR) is 113 cm³/mol. The van der Waals surface area contributed by atoms with E-state index >= 15 is 0 Å². The minimum atomic E-state index is -4.44. The van der Waals surface area contributed by atoms with E-state index in [0.717, 1.165) is 51.0 Å². The van der Waals surface area contributed by atoms with Crippen molar-refractivity contribution in [2.24, 2.45) is 0 Å². The molecule has 0 saturated carbocycles. The number of halogens is 3. The van der Waals surface area contributed by atoms with Gasteiger partial charge in [-0.3, -0.25) is 9.69 Å². The van der Waals surface area contributed by atoms with E-state index in [0.29, 0.717) is 25.2 Å². The van der Waals surface area contributed by atoms with Gasteiger partial charge in [0.15, 0.2) is 5.78 Å². The molecule has 0 unspecified atom stereocenters. The molecule has 2 heterocycles. The van der Waals surface area contributed by atoms with E-state index in [1.807, 2.05) is 17.2 Å². The molecule has 5 nitrogen and oxygen atoms in total. The molecule has 1 aliphatic heterocycles. The van der Waals surface area contributed by atoms with Gasteiger partial charge in [0.2, 0.25) is 0 Å². The molecule has 0 N–H and O–H groups in total. The Morgan fingerprint density at radius 2 is 1.81 bits per heavy atom. The summed E-state index contributed by atoms with van der Waals surface area (Å²) in [6.45, 7) is 4.83. The van der Waals surface area contributed by atoms with Crippen LogP contribution in [-0.2, 0) is 19.1 Å². The number of ether oxygens (including phenoxy) is 1. The normalized spacial score (nSPS) is 17.7. The number of aryl methyl sites for hydroxylation is 1. The smallest absolute Gasteiger partial charge is 0.420 e. The molecule has 1 aromatic heterocycles. The van der Waals surface area contributed by atoms with Crippen LogP contribution < -0.4 is 9.64 Å². The van der Waals surface area contributed by atoms with Crippen LogP contribution in [0.1, 0.15) is 40.9 Å². The first-order valence-electron chi connectivity index (χ1n) is 10.8. The molecule has 1 saturated heterocycles. The number of hydrogen-bond donors (Lipinski definition) is 0. The maximum absolute atomic E-state index is 13.3. The summed E-state index contributed by atoms with van der Waals surface area (Å²) in [5, 5.41) is 0. The van der Waals surface area contributed by atoms with Crippen LogP contribution in [0.15, 0.2) is 30.5 Å². The summed E-state index contributed by atoms with van der Waals surface area (Å²) in [4.78, 5) is 16.3. The van der Waals surface area contributed by atoms with Crippen molar-refractivity contribution in [1.82, 2.24) is 9.47 Å². The Balaban J connectivity index is 1.29. The third-order valence-corrected chi connectivity index (χ3v) is 6.30. The number of anilines is 1. The van der Waals surface area contributed by atoms with Crippen LogP contribution >= 0.6 is 0 Å². The number of benzene rings is 1. The summed E-state index contributed by atoms with van der Waals surface area (Å²) in [7, 11) is 1.25. The van der Waals surface area contributed by atoms with Crippen molar-refractivity contribution in [3.63, 3.8) is 0 Å². The van der Waals surface area contributed by atoms with Gasteiger partial charge in [-0.2, -0.15) is 13.2 Å². The summed E-state index contributed by atoms with van der Waals surface area (Å²) >= 11 is 0. The molecule has 0 bridgehead atoms. The van der Waals surface area contributed by atoms with Crippen LogP contribution in [0.2, 0.25) is 0 Å². The van der Waals surface area contributed by atoms with Crippen LogP contribution in [0.3, 0.4) is 0 Å². The minimum absolute atomic E-state index is 0.149. The lowest BCUT2D eigenvalue weighted by molar-refractivity contribution is -0.138. The van der Waals surface area contributed by atoms with Crippen molar-refractivity contribution in [1.29, 1.82) is 0 Å². The average Bonchev–Trinajstić information content (AvgIpc) is 3.18. The number of carbonyl (C=O) groups is 1. The van der Waals surface area contributed by atoms with Gasteiger partial charge in [0.05, 0.1) is 12.7 Å². The second kappa shape index (κ2) is 8.94. The van der Waals surface area contributed by atoms with Gasteiger partial charge < -0.3 is 14.2 Å². The highest BCUT2D eigenvalue weighted by molar-refractivity contribution is 5.98. The second-order valence-electron chi connectivity index (χ2n) is 8.21. The maximum atomic E-state index is 13.3. The molecular weight excluding hydrogens is 407 g/mol. The monoisotopic (exact) mass is 435 g/mol. The van der Waals surface area contributed by atoms with Crippen molar-refractivity contribution >= 4 is 11.5 Å². The number of ketones is 1. The van der Waals surface area contributed by atoms with Gasteiger partial charge in [-0.15, -0.1) is 0 Å². The lowest BCUT2D eigenvalue weighted by atomic mass is 9.97. The number of hydrogen-bond acceptors (Lipinski definition) is 4. The largest absolute Gasteiger partial charge is 0.496 e. The summed E-state index contributed by atoms with van der Waals surface area (Å²) < 4.78 is 47.0. The first-order valence-corrected chi connectivity index (χ1v) is 10.8. The van der Waals surface area contributed by atoms with Crippen molar-refractivity contribution < 1.29 is 22.7 Å². The van der Waals surface area contributed by atoms with Gasteiger partial charge in [-0.25, -0.2) is 0 Å². The molecule has 2 aliphatic rings. The topological polar surface area (TPSA) is 37.7 Å². The number of carbonyl (C=O) groups excluding carboxylic acids is 1. The van der Waals surface area contributed by atoms with Crippen LogP contribution in [-0.4, -0.2) is 55.1 Å². The standard InChI is InChI=1S/C23H28F3N3O2/c1-31-22-7-6-17(16-19(22)23(24,25)26)28-14-12-27(13-15-28)9-3-10-29-11-8-18-20(29)4-2-5-21(18)30/h6-8,11,16H,2-5,9-10,12-15H2,1H3. The van der Waals surface area contributed by atoms with E-state index in [9.17, 15) is 18.0 Å². The zero-order valence-electron chi connectivity index (χ0n) is 17.7. The van der Waals surface area contributed by atoms with E-state index in [2.05, 4.69) is 9.47 Å². The molecule has 0 radical (unpaired) electrons. The van der Waals surface area contributed by atoms with E-state index < -0.39 is 11.7 Å². The summed E-state index contributed by atoms with van der Waals surface area (Å²) in [6, 6.07) is 6.22. The van der Waals surface area contributed by atoms with Gasteiger partial charge in [0, 0.05) is 62.3 Å². The molecule has 1 aliphatic carbocycles. The highest BCUT2D eigenvalue weighted by Gasteiger charge is 2.35. The zero-order chi connectivity index (χ0) is 22.0. The van der Waals surface area contributed by atoms with Crippen molar-refractivity contribution in [3.05, 3.63) is 47.3 Å². The van der Waals surface area contributed by atoms with Crippen LogP contribution in [0, 0.1) is 0 Å². The van der Waals surface area contributed by atoms with Gasteiger partial charge in [0.1, 0.15) is 5.75 Å². The van der Waals surface area contributed by atoms with Crippen LogP contribution in [0.25, 0.3) is 0 Å². The fourth-order valence-electron chi connectivity index (χ4n) is 4.61. The molecule has 0 spiro atoms. The van der Waals surface area contributed by atoms with Crippen molar-refractivity contribution in [2.75, 3.05) is 44.7 Å². The van der Waals surface area contributed by atoms with Crippen molar-refractivity contribution in [2.45, 2.75) is 38.4 Å².